The van der Waals surface area contributed by atoms with Crippen LogP contribution in [0.3, 0.4) is 0 Å². The summed E-state index contributed by atoms with van der Waals surface area (Å²) in [5, 5.41) is 2.62. The SMILES string of the molecule is CCOC(=O)[C@@H](NC(=O)[C@@H]1CCCN1C(=O)CF)C(C)C. The van der Waals surface area contributed by atoms with Crippen LogP contribution in [0.1, 0.15) is 33.6 Å². The molecular weight excluding hydrogens is 279 g/mol. The molecule has 0 aromatic carbocycles. The quantitative estimate of drug-likeness (QED) is 0.731. The van der Waals surface area contributed by atoms with E-state index in [0.29, 0.717) is 19.4 Å². The van der Waals surface area contributed by atoms with Crippen LogP contribution in [-0.2, 0) is 19.1 Å². The molecule has 0 saturated carbocycles. The summed E-state index contributed by atoms with van der Waals surface area (Å²) in [4.78, 5) is 36.8. The van der Waals surface area contributed by atoms with Gasteiger partial charge in [0, 0.05) is 6.54 Å². The van der Waals surface area contributed by atoms with Gasteiger partial charge in [0.1, 0.15) is 12.1 Å². The number of nitrogens with one attached hydrogen (secondary N) is 1. The number of rotatable bonds is 6. The van der Waals surface area contributed by atoms with Crippen LogP contribution in [-0.4, -0.2) is 54.6 Å². The van der Waals surface area contributed by atoms with Crippen molar-refractivity contribution < 1.29 is 23.5 Å². The first-order valence-corrected chi connectivity index (χ1v) is 7.24. The van der Waals surface area contributed by atoms with Crippen molar-refractivity contribution in [3.8, 4) is 0 Å². The van der Waals surface area contributed by atoms with E-state index in [9.17, 15) is 18.8 Å². The van der Waals surface area contributed by atoms with Gasteiger partial charge < -0.3 is 15.0 Å². The Hall–Kier alpha value is -1.66. The zero-order chi connectivity index (χ0) is 16.0. The number of likely N-dealkylation sites (tertiary alicyclic amines) is 1. The molecular formula is C14H23FN2O4. The maximum atomic E-state index is 12.5. The van der Waals surface area contributed by atoms with Gasteiger partial charge in [0.2, 0.25) is 5.91 Å². The van der Waals surface area contributed by atoms with Gasteiger partial charge in [0.25, 0.3) is 5.91 Å². The van der Waals surface area contributed by atoms with Crippen LogP contribution in [0.2, 0.25) is 0 Å². The number of ether oxygens (including phenoxy) is 1. The minimum Gasteiger partial charge on any atom is -0.464 e. The maximum Gasteiger partial charge on any atom is 0.328 e. The van der Waals surface area contributed by atoms with Crippen molar-refractivity contribution in [3.05, 3.63) is 0 Å². The van der Waals surface area contributed by atoms with E-state index in [-0.39, 0.29) is 12.5 Å². The Labute approximate surface area is 124 Å². The van der Waals surface area contributed by atoms with Crippen molar-refractivity contribution >= 4 is 17.8 Å². The summed E-state index contributed by atoms with van der Waals surface area (Å²) >= 11 is 0. The molecule has 0 aromatic rings. The van der Waals surface area contributed by atoms with E-state index in [2.05, 4.69) is 5.32 Å². The molecule has 7 heteroatoms. The Morgan fingerprint density at radius 2 is 2.05 bits per heavy atom. The predicted octanol–water partition coefficient (Wildman–Crippen LogP) is 0.651. The highest BCUT2D eigenvalue weighted by Gasteiger charge is 2.36. The summed E-state index contributed by atoms with van der Waals surface area (Å²) in [5.41, 5.74) is 0. The second kappa shape index (κ2) is 7.95. The Bertz CT molecular complexity index is 400. The summed E-state index contributed by atoms with van der Waals surface area (Å²) in [6.07, 6.45) is 1.13. The van der Waals surface area contributed by atoms with E-state index in [0.717, 1.165) is 0 Å². The summed E-state index contributed by atoms with van der Waals surface area (Å²) in [5.74, 6) is -1.76. The zero-order valence-electron chi connectivity index (χ0n) is 12.7. The van der Waals surface area contributed by atoms with Gasteiger partial charge in [-0.1, -0.05) is 13.8 Å². The molecule has 1 rings (SSSR count). The minimum atomic E-state index is -1.12. The van der Waals surface area contributed by atoms with Crippen LogP contribution in [0.4, 0.5) is 4.39 Å². The van der Waals surface area contributed by atoms with E-state index < -0.39 is 36.5 Å². The molecule has 6 nitrogen and oxygen atoms in total. The third-order valence-corrected chi connectivity index (χ3v) is 3.50. The van der Waals surface area contributed by atoms with Crippen LogP contribution in [0.5, 0.6) is 0 Å². The van der Waals surface area contributed by atoms with E-state index in [4.69, 9.17) is 4.74 Å². The predicted molar refractivity (Wildman–Crippen MR) is 74.1 cm³/mol. The smallest absolute Gasteiger partial charge is 0.328 e. The number of carbonyl (C=O) groups excluding carboxylic acids is 3. The molecule has 0 aromatic heterocycles. The van der Waals surface area contributed by atoms with E-state index >= 15 is 0 Å². The summed E-state index contributed by atoms with van der Waals surface area (Å²) in [7, 11) is 0. The molecule has 2 atom stereocenters. The third kappa shape index (κ3) is 4.41. The number of hydrogen-bond donors (Lipinski definition) is 1. The van der Waals surface area contributed by atoms with Crippen molar-refractivity contribution in [2.45, 2.75) is 45.7 Å². The van der Waals surface area contributed by atoms with Gasteiger partial charge in [0.15, 0.2) is 6.67 Å². The van der Waals surface area contributed by atoms with E-state index in [1.54, 1.807) is 20.8 Å². The van der Waals surface area contributed by atoms with E-state index in [1.165, 1.54) is 4.90 Å². The topological polar surface area (TPSA) is 75.7 Å². The number of hydrogen-bond acceptors (Lipinski definition) is 4. The second-order valence-electron chi connectivity index (χ2n) is 5.36. The third-order valence-electron chi connectivity index (χ3n) is 3.50. The number of carbonyl (C=O) groups is 3. The fraction of sp³-hybridized carbons (Fsp3) is 0.786. The number of nitrogens with zero attached hydrogens (tertiary/aromatic N) is 1. The van der Waals surface area contributed by atoms with Gasteiger partial charge >= 0.3 is 5.97 Å². The summed E-state index contributed by atoms with van der Waals surface area (Å²) < 4.78 is 17.4. The molecule has 0 aliphatic carbocycles. The molecule has 21 heavy (non-hydrogen) atoms. The van der Waals surface area contributed by atoms with Crippen molar-refractivity contribution in [2.75, 3.05) is 19.8 Å². The molecule has 0 unspecified atom stereocenters. The summed E-state index contributed by atoms with van der Waals surface area (Å²) in [6.45, 7) is 4.76. The molecule has 1 N–H and O–H groups in total. The fourth-order valence-corrected chi connectivity index (χ4v) is 2.39. The van der Waals surface area contributed by atoms with Crippen LogP contribution >= 0.6 is 0 Å². The second-order valence-corrected chi connectivity index (χ2v) is 5.36. The molecule has 2 amide bonds. The average Bonchev–Trinajstić information content (AvgIpc) is 2.92. The number of halogens is 1. The van der Waals surface area contributed by atoms with Crippen molar-refractivity contribution in [1.29, 1.82) is 0 Å². The van der Waals surface area contributed by atoms with Crippen molar-refractivity contribution in [3.63, 3.8) is 0 Å². The van der Waals surface area contributed by atoms with Crippen LogP contribution < -0.4 is 5.32 Å². The maximum absolute atomic E-state index is 12.5. The monoisotopic (exact) mass is 302 g/mol. The Kier molecular flexibility index (Phi) is 6.58. The van der Waals surface area contributed by atoms with Gasteiger partial charge in [-0.3, -0.25) is 9.59 Å². The molecule has 1 fully saturated rings. The molecule has 120 valence electrons. The molecule has 0 radical (unpaired) electrons. The van der Waals surface area contributed by atoms with Crippen LogP contribution in [0, 0.1) is 5.92 Å². The molecule has 1 aliphatic heterocycles. The first kappa shape index (κ1) is 17.4. The molecule has 1 saturated heterocycles. The van der Waals surface area contributed by atoms with Gasteiger partial charge in [-0.15, -0.1) is 0 Å². The Morgan fingerprint density at radius 1 is 1.38 bits per heavy atom. The lowest BCUT2D eigenvalue weighted by atomic mass is 10.0. The first-order valence-electron chi connectivity index (χ1n) is 7.24. The first-order chi connectivity index (χ1) is 9.92. The number of esters is 1. The zero-order valence-corrected chi connectivity index (χ0v) is 12.7. The highest BCUT2D eigenvalue weighted by Crippen LogP contribution is 2.18. The van der Waals surface area contributed by atoms with Gasteiger partial charge in [-0.2, -0.15) is 0 Å². The van der Waals surface area contributed by atoms with Crippen molar-refractivity contribution in [2.24, 2.45) is 5.92 Å². The lowest BCUT2D eigenvalue weighted by Crippen LogP contribution is -2.53. The van der Waals surface area contributed by atoms with Gasteiger partial charge in [-0.05, 0) is 25.7 Å². The molecule has 1 heterocycles. The highest BCUT2D eigenvalue weighted by molar-refractivity contribution is 5.91. The fourth-order valence-electron chi connectivity index (χ4n) is 2.39. The lowest BCUT2D eigenvalue weighted by molar-refractivity contribution is -0.149. The molecule has 0 spiro atoms. The van der Waals surface area contributed by atoms with Crippen LogP contribution in [0.25, 0.3) is 0 Å². The Balaban J connectivity index is 2.73. The standard InChI is InChI=1S/C14H23FN2O4/c1-4-21-14(20)12(9(2)3)16-13(19)10-6-5-7-17(10)11(18)8-15/h9-10,12H,4-8H2,1-3H3,(H,16,19)/t10-,12-/m0/s1. The normalized spacial score (nSPS) is 19.5. The summed E-state index contributed by atoms with van der Waals surface area (Å²) in [6, 6.07) is -1.47. The largest absolute Gasteiger partial charge is 0.464 e. The molecule has 0 bridgehead atoms. The van der Waals surface area contributed by atoms with Crippen LogP contribution in [0.15, 0.2) is 0 Å². The lowest BCUT2D eigenvalue weighted by Gasteiger charge is -2.26. The van der Waals surface area contributed by atoms with Crippen molar-refractivity contribution in [1.82, 2.24) is 10.2 Å². The van der Waals surface area contributed by atoms with E-state index in [1.807, 2.05) is 0 Å². The number of alkyl halides is 1. The Morgan fingerprint density at radius 3 is 2.57 bits per heavy atom. The molecule has 1 aliphatic rings. The van der Waals surface area contributed by atoms with Gasteiger partial charge in [0.05, 0.1) is 6.61 Å². The minimum absolute atomic E-state index is 0.139. The van der Waals surface area contributed by atoms with Gasteiger partial charge in [-0.25, -0.2) is 9.18 Å². The highest BCUT2D eigenvalue weighted by atomic mass is 19.1. The number of amides is 2. The average molecular weight is 302 g/mol.